The second kappa shape index (κ2) is 15.2. The first-order chi connectivity index (χ1) is 20.3. The Hall–Kier alpha value is -2.93. The van der Waals surface area contributed by atoms with Crippen LogP contribution in [0.4, 0.5) is 0 Å². The maximum atomic E-state index is 13.8. The minimum absolute atomic E-state index is 0.102. The van der Waals surface area contributed by atoms with Gasteiger partial charge in [0.2, 0.25) is 29.9 Å². The number of amides is 5. The van der Waals surface area contributed by atoms with Gasteiger partial charge >= 0.3 is 0 Å². The maximum Gasteiger partial charge on any atom is 0.270 e. The SMILES string of the molecule is C=CC(C)(C)COC1NC(=O)CNC(=O)C2CCCN2C(=O)C(C(C)CC)NC(=O)[C@@H]2CSC(=N2)C(CC(C)C)NC1=O. The summed E-state index contributed by atoms with van der Waals surface area (Å²) in [4.78, 5) is 73.1. The summed E-state index contributed by atoms with van der Waals surface area (Å²) in [6, 6.07) is -2.83. The molecule has 3 aliphatic rings. The number of thioether (sulfide) groups is 1. The molecule has 3 rings (SSSR count). The van der Waals surface area contributed by atoms with Crippen LogP contribution in [0.1, 0.15) is 67.2 Å². The van der Waals surface area contributed by atoms with Crippen LogP contribution in [0.25, 0.3) is 0 Å². The van der Waals surface area contributed by atoms with Crippen LogP contribution in [0.3, 0.4) is 0 Å². The van der Waals surface area contributed by atoms with Gasteiger partial charge in [0.05, 0.1) is 24.2 Å². The van der Waals surface area contributed by atoms with Gasteiger partial charge in [-0.15, -0.1) is 18.3 Å². The highest BCUT2D eigenvalue weighted by Gasteiger charge is 2.41. The molecular weight excluding hydrogens is 572 g/mol. The van der Waals surface area contributed by atoms with E-state index in [1.54, 1.807) is 6.08 Å². The fraction of sp³-hybridized carbons (Fsp3) is 0.733. The smallest absolute Gasteiger partial charge is 0.270 e. The molecule has 1 saturated heterocycles. The highest BCUT2D eigenvalue weighted by atomic mass is 32.2. The molecule has 4 N–H and O–H groups in total. The van der Waals surface area contributed by atoms with Crippen molar-refractivity contribution in [3.63, 3.8) is 0 Å². The van der Waals surface area contributed by atoms with Crippen LogP contribution in [0.15, 0.2) is 17.6 Å². The topological polar surface area (TPSA) is 158 Å². The van der Waals surface area contributed by atoms with Crippen molar-refractivity contribution in [3.05, 3.63) is 12.7 Å². The Morgan fingerprint density at radius 1 is 1.09 bits per heavy atom. The van der Waals surface area contributed by atoms with Gasteiger partial charge in [-0.05, 0) is 31.1 Å². The summed E-state index contributed by atoms with van der Waals surface area (Å²) in [6.07, 6.45) is 2.61. The lowest BCUT2D eigenvalue weighted by Crippen LogP contribution is -2.58. The maximum absolute atomic E-state index is 13.8. The lowest BCUT2D eigenvalue weighted by atomic mass is 9.95. The molecule has 0 aromatic rings. The average molecular weight is 621 g/mol. The van der Waals surface area contributed by atoms with Crippen molar-refractivity contribution in [1.82, 2.24) is 26.2 Å². The van der Waals surface area contributed by atoms with Crippen LogP contribution >= 0.6 is 11.8 Å². The number of hydrogen-bond acceptors (Lipinski definition) is 8. The van der Waals surface area contributed by atoms with Crippen molar-refractivity contribution in [2.24, 2.45) is 22.2 Å². The lowest BCUT2D eigenvalue weighted by Gasteiger charge is -2.31. The van der Waals surface area contributed by atoms with Crippen LogP contribution in [-0.4, -0.2) is 95.3 Å². The van der Waals surface area contributed by atoms with Crippen LogP contribution in [0.5, 0.6) is 0 Å². The van der Waals surface area contributed by atoms with E-state index in [2.05, 4.69) is 32.8 Å². The fourth-order valence-electron chi connectivity index (χ4n) is 5.09. The Morgan fingerprint density at radius 3 is 2.47 bits per heavy atom. The molecule has 3 aliphatic heterocycles. The van der Waals surface area contributed by atoms with E-state index in [4.69, 9.17) is 4.74 Å². The van der Waals surface area contributed by atoms with E-state index < -0.39 is 60.1 Å². The molecule has 0 aromatic carbocycles. The predicted octanol–water partition coefficient (Wildman–Crippen LogP) is 1.35. The van der Waals surface area contributed by atoms with E-state index in [-0.39, 0.29) is 30.3 Å². The van der Waals surface area contributed by atoms with E-state index in [9.17, 15) is 24.0 Å². The molecule has 12 nitrogen and oxygen atoms in total. The molecule has 0 radical (unpaired) electrons. The Balaban J connectivity index is 1.97. The Labute approximate surface area is 259 Å². The number of ether oxygens (including phenoxy) is 1. The molecule has 13 heteroatoms. The van der Waals surface area contributed by atoms with Crippen molar-refractivity contribution >= 4 is 46.3 Å². The third-order valence-electron chi connectivity index (χ3n) is 8.04. The molecule has 43 heavy (non-hydrogen) atoms. The zero-order valence-electron chi connectivity index (χ0n) is 26.2. The Kier molecular flexibility index (Phi) is 12.2. The monoisotopic (exact) mass is 620 g/mol. The third kappa shape index (κ3) is 9.28. The summed E-state index contributed by atoms with van der Waals surface area (Å²) in [5.41, 5.74) is -0.472. The van der Waals surface area contributed by atoms with Gasteiger partial charge in [-0.3, -0.25) is 29.0 Å². The van der Waals surface area contributed by atoms with Crippen LogP contribution < -0.4 is 21.3 Å². The highest BCUT2D eigenvalue weighted by molar-refractivity contribution is 8.14. The molecule has 1 fully saturated rings. The van der Waals surface area contributed by atoms with Crippen LogP contribution in [-0.2, 0) is 28.7 Å². The molecule has 0 aliphatic carbocycles. The van der Waals surface area contributed by atoms with Crippen molar-refractivity contribution in [2.45, 2.75) is 97.6 Å². The van der Waals surface area contributed by atoms with Crippen molar-refractivity contribution in [3.8, 4) is 0 Å². The van der Waals surface area contributed by atoms with E-state index >= 15 is 0 Å². The molecule has 3 heterocycles. The minimum Gasteiger partial charge on any atom is -0.349 e. The summed E-state index contributed by atoms with van der Waals surface area (Å²) in [6.45, 7) is 15.5. The molecule has 5 unspecified atom stereocenters. The number of rotatable bonds is 8. The summed E-state index contributed by atoms with van der Waals surface area (Å²) in [5, 5.41) is 11.7. The standard InChI is InChI=1S/C30H48N6O6S/c1-8-18(5)23-29(41)36-12-10-11-21(36)25(39)31-14-22(37)34-27(42-16-30(6,7)9-2)26(40)32-19(13-17(3)4)28-33-20(15-43-28)24(38)35-23/h9,17-21,23,27H,2,8,10-16H2,1,3-7H3,(H,31,39)(H,32,40)(H,34,37)(H,35,38)/t18?,19?,20-,21?,23?,27?/m0/s1. The minimum atomic E-state index is -1.34. The number of nitrogens with zero attached hydrogens (tertiary/aromatic N) is 2. The fourth-order valence-corrected chi connectivity index (χ4v) is 6.21. The van der Waals surface area contributed by atoms with Gasteiger partial charge in [0.1, 0.15) is 18.1 Å². The van der Waals surface area contributed by atoms with E-state index in [0.29, 0.717) is 43.0 Å². The molecule has 240 valence electrons. The summed E-state index contributed by atoms with van der Waals surface area (Å²) in [5.74, 6) is -1.95. The number of fused-ring (bicyclic) bond motifs is 2. The highest BCUT2D eigenvalue weighted by Crippen LogP contribution is 2.26. The first-order valence-electron chi connectivity index (χ1n) is 15.2. The normalized spacial score (nSPS) is 28.6. The lowest BCUT2D eigenvalue weighted by molar-refractivity contribution is -0.144. The van der Waals surface area contributed by atoms with Gasteiger partial charge in [0.25, 0.3) is 5.91 Å². The van der Waals surface area contributed by atoms with Crippen LogP contribution in [0, 0.1) is 17.3 Å². The molecule has 6 atom stereocenters. The first kappa shape index (κ1) is 34.6. The average Bonchev–Trinajstić information content (AvgIpc) is 3.65. The first-order valence-corrected chi connectivity index (χ1v) is 16.2. The van der Waals surface area contributed by atoms with Crippen molar-refractivity contribution in [1.29, 1.82) is 0 Å². The Bertz CT molecular complexity index is 1110. The molecule has 0 aromatic heterocycles. The van der Waals surface area contributed by atoms with Crippen molar-refractivity contribution < 1.29 is 28.7 Å². The van der Waals surface area contributed by atoms with Gasteiger partial charge < -0.3 is 30.9 Å². The molecular formula is C30H48N6O6S. The largest absolute Gasteiger partial charge is 0.349 e. The number of aliphatic imine (C=N–C) groups is 1. The molecule has 0 spiro atoms. The number of nitrogens with one attached hydrogen (secondary N) is 4. The predicted molar refractivity (Wildman–Crippen MR) is 166 cm³/mol. The van der Waals surface area contributed by atoms with Gasteiger partial charge in [-0.2, -0.15) is 0 Å². The third-order valence-corrected chi connectivity index (χ3v) is 9.21. The van der Waals surface area contributed by atoms with Gasteiger partial charge in [0.15, 0.2) is 0 Å². The number of carbonyl (C=O) groups is 5. The zero-order valence-corrected chi connectivity index (χ0v) is 27.1. The molecule has 2 bridgehead atoms. The quantitative estimate of drug-likeness (QED) is 0.298. The number of hydrogen-bond donors (Lipinski definition) is 4. The van der Waals surface area contributed by atoms with E-state index in [1.807, 2.05) is 41.5 Å². The summed E-state index contributed by atoms with van der Waals surface area (Å²) < 4.78 is 5.88. The summed E-state index contributed by atoms with van der Waals surface area (Å²) in [7, 11) is 0. The zero-order chi connectivity index (χ0) is 31.9. The molecule has 5 amide bonds. The van der Waals surface area contributed by atoms with E-state index in [0.717, 1.165) is 0 Å². The second-order valence-electron chi connectivity index (χ2n) is 12.7. The van der Waals surface area contributed by atoms with E-state index in [1.165, 1.54) is 16.7 Å². The number of carbonyl (C=O) groups excluding carboxylic acids is 5. The second-order valence-corrected chi connectivity index (χ2v) is 13.8. The Morgan fingerprint density at radius 2 is 1.81 bits per heavy atom. The molecule has 0 saturated carbocycles. The van der Waals surface area contributed by atoms with Crippen molar-refractivity contribution in [2.75, 3.05) is 25.4 Å². The van der Waals surface area contributed by atoms with Gasteiger partial charge in [-0.25, -0.2) is 0 Å². The van der Waals surface area contributed by atoms with Gasteiger partial charge in [-0.1, -0.05) is 54.0 Å². The van der Waals surface area contributed by atoms with Crippen LogP contribution in [0.2, 0.25) is 0 Å². The summed E-state index contributed by atoms with van der Waals surface area (Å²) >= 11 is 1.39. The van der Waals surface area contributed by atoms with Gasteiger partial charge in [0, 0.05) is 17.7 Å².